The van der Waals surface area contributed by atoms with E-state index >= 15 is 0 Å². The molecule has 5 nitrogen and oxygen atoms in total. The van der Waals surface area contributed by atoms with E-state index in [1.54, 1.807) is 29.4 Å². The molecule has 0 saturated carbocycles. The van der Waals surface area contributed by atoms with Crippen molar-refractivity contribution in [1.82, 2.24) is 9.21 Å². The zero-order valence-corrected chi connectivity index (χ0v) is 13.9. The van der Waals surface area contributed by atoms with Crippen molar-refractivity contribution in [3.63, 3.8) is 0 Å². The molecule has 1 fully saturated rings. The Bertz CT molecular complexity index is 591. The molecule has 2 N–H and O–H groups in total. The number of anilines is 1. The number of rotatable bonds is 4. The highest BCUT2D eigenvalue weighted by molar-refractivity contribution is 7.89. The maximum absolute atomic E-state index is 12.7. The van der Waals surface area contributed by atoms with Gasteiger partial charge < -0.3 is 10.6 Å². The Morgan fingerprint density at radius 1 is 1.29 bits per heavy atom. The van der Waals surface area contributed by atoms with Gasteiger partial charge in [-0.2, -0.15) is 4.31 Å². The maximum Gasteiger partial charge on any atom is 0.243 e. The monoisotopic (exact) mass is 311 g/mol. The first-order valence-electron chi connectivity index (χ1n) is 7.32. The summed E-state index contributed by atoms with van der Waals surface area (Å²) in [6.07, 6.45) is 1.83. The Labute approximate surface area is 127 Å². The van der Waals surface area contributed by atoms with Crippen molar-refractivity contribution in [3.05, 3.63) is 23.8 Å². The van der Waals surface area contributed by atoms with Crippen LogP contribution in [0.15, 0.2) is 23.1 Å². The number of piperidine rings is 1. The van der Waals surface area contributed by atoms with Gasteiger partial charge >= 0.3 is 0 Å². The lowest BCUT2D eigenvalue weighted by Crippen LogP contribution is -2.40. The lowest BCUT2D eigenvalue weighted by Gasteiger charge is -2.32. The third kappa shape index (κ3) is 3.56. The molecule has 21 heavy (non-hydrogen) atoms. The van der Waals surface area contributed by atoms with Gasteiger partial charge in [0.25, 0.3) is 0 Å². The van der Waals surface area contributed by atoms with Crippen LogP contribution in [0.2, 0.25) is 0 Å². The van der Waals surface area contributed by atoms with E-state index in [9.17, 15) is 8.42 Å². The SMILES string of the molecule is Cc1c(N)cccc1S(=O)(=O)N1CCC(CN(C)C)CC1. The highest BCUT2D eigenvalue weighted by Crippen LogP contribution is 2.27. The number of hydrogen-bond acceptors (Lipinski definition) is 4. The Morgan fingerprint density at radius 2 is 1.90 bits per heavy atom. The molecule has 1 aromatic carbocycles. The predicted octanol–water partition coefficient (Wildman–Crippen LogP) is 1.54. The van der Waals surface area contributed by atoms with Crippen LogP contribution in [0.25, 0.3) is 0 Å². The van der Waals surface area contributed by atoms with E-state index in [0.717, 1.165) is 19.4 Å². The molecule has 0 atom stereocenters. The van der Waals surface area contributed by atoms with Crippen LogP contribution in [0.1, 0.15) is 18.4 Å². The molecule has 1 heterocycles. The van der Waals surface area contributed by atoms with Crippen molar-refractivity contribution in [2.75, 3.05) is 39.5 Å². The van der Waals surface area contributed by atoms with Gasteiger partial charge in [-0.1, -0.05) is 6.07 Å². The molecule has 0 bridgehead atoms. The van der Waals surface area contributed by atoms with Gasteiger partial charge in [-0.05, 0) is 57.5 Å². The standard InChI is InChI=1S/C15H25N3O2S/c1-12-14(16)5-4-6-15(12)21(19,20)18-9-7-13(8-10-18)11-17(2)3/h4-6,13H,7-11,16H2,1-3H3. The van der Waals surface area contributed by atoms with E-state index in [4.69, 9.17) is 5.73 Å². The minimum atomic E-state index is -3.43. The van der Waals surface area contributed by atoms with Crippen LogP contribution in [0, 0.1) is 12.8 Å². The fourth-order valence-corrected chi connectivity index (χ4v) is 4.62. The number of hydrogen-bond donors (Lipinski definition) is 1. The van der Waals surface area contributed by atoms with Crippen LogP contribution < -0.4 is 5.73 Å². The Balaban J connectivity index is 2.13. The topological polar surface area (TPSA) is 66.6 Å². The molecular weight excluding hydrogens is 286 g/mol. The summed E-state index contributed by atoms with van der Waals surface area (Å²) in [5.74, 6) is 0.577. The largest absolute Gasteiger partial charge is 0.398 e. The van der Waals surface area contributed by atoms with Crippen molar-refractivity contribution in [2.24, 2.45) is 5.92 Å². The summed E-state index contributed by atoms with van der Waals surface area (Å²) in [6, 6.07) is 5.08. The summed E-state index contributed by atoms with van der Waals surface area (Å²) in [5, 5.41) is 0. The molecule has 118 valence electrons. The first-order valence-corrected chi connectivity index (χ1v) is 8.76. The lowest BCUT2D eigenvalue weighted by molar-refractivity contribution is 0.225. The second-order valence-electron chi connectivity index (χ2n) is 6.08. The van der Waals surface area contributed by atoms with Crippen molar-refractivity contribution in [3.8, 4) is 0 Å². The zero-order valence-electron chi connectivity index (χ0n) is 13.0. The summed E-state index contributed by atoms with van der Waals surface area (Å²) in [4.78, 5) is 2.50. The van der Waals surface area contributed by atoms with Crippen LogP contribution in [-0.2, 0) is 10.0 Å². The fraction of sp³-hybridized carbons (Fsp3) is 0.600. The molecular formula is C15H25N3O2S. The first-order chi connectivity index (χ1) is 9.82. The third-order valence-electron chi connectivity index (χ3n) is 4.14. The van der Waals surface area contributed by atoms with Crippen molar-refractivity contribution in [1.29, 1.82) is 0 Å². The number of nitrogens with two attached hydrogens (primary N) is 1. The van der Waals surface area contributed by atoms with Crippen LogP contribution in [-0.4, -0.2) is 51.4 Å². The molecule has 0 unspecified atom stereocenters. The highest BCUT2D eigenvalue weighted by atomic mass is 32.2. The second kappa shape index (κ2) is 6.34. The summed E-state index contributed by atoms with van der Waals surface area (Å²) >= 11 is 0. The number of benzene rings is 1. The van der Waals surface area contributed by atoms with E-state index in [2.05, 4.69) is 19.0 Å². The van der Waals surface area contributed by atoms with E-state index in [-0.39, 0.29) is 0 Å². The van der Waals surface area contributed by atoms with Crippen molar-refractivity contribution < 1.29 is 8.42 Å². The van der Waals surface area contributed by atoms with Gasteiger partial charge in [-0.15, -0.1) is 0 Å². The summed E-state index contributed by atoms with van der Waals surface area (Å²) in [7, 11) is 0.682. The molecule has 6 heteroatoms. The van der Waals surface area contributed by atoms with Gasteiger partial charge in [-0.3, -0.25) is 0 Å². The normalized spacial score (nSPS) is 18.3. The molecule has 1 aromatic rings. The first kappa shape index (κ1) is 16.3. The smallest absolute Gasteiger partial charge is 0.243 e. The number of nitrogen functional groups attached to an aromatic ring is 1. The third-order valence-corrected chi connectivity index (χ3v) is 6.18. The lowest BCUT2D eigenvalue weighted by atomic mass is 9.98. The predicted molar refractivity (Wildman–Crippen MR) is 85.6 cm³/mol. The average Bonchev–Trinajstić information content (AvgIpc) is 2.41. The van der Waals surface area contributed by atoms with Gasteiger partial charge in [0, 0.05) is 25.3 Å². The summed E-state index contributed by atoms with van der Waals surface area (Å²) in [5.41, 5.74) is 7.01. The molecule has 0 aliphatic carbocycles. The molecule has 1 aliphatic heterocycles. The van der Waals surface area contributed by atoms with Gasteiger partial charge in [-0.25, -0.2) is 8.42 Å². The summed E-state index contributed by atoms with van der Waals surface area (Å²) < 4.78 is 27.1. The molecule has 1 saturated heterocycles. The highest BCUT2D eigenvalue weighted by Gasteiger charge is 2.30. The minimum Gasteiger partial charge on any atom is -0.398 e. The molecule has 0 aromatic heterocycles. The van der Waals surface area contributed by atoms with Crippen LogP contribution in [0.5, 0.6) is 0 Å². The van der Waals surface area contributed by atoms with Gasteiger partial charge in [0.05, 0.1) is 4.90 Å². The zero-order chi connectivity index (χ0) is 15.6. The maximum atomic E-state index is 12.7. The van der Waals surface area contributed by atoms with Crippen LogP contribution >= 0.6 is 0 Å². The van der Waals surface area contributed by atoms with Gasteiger partial charge in [0.1, 0.15) is 0 Å². The van der Waals surface area contributed by atoms with Crippen molar-refractivity contribution >= 4 is 15.7 Å². The average molecular weight is 311 g/mol. The van der Waals surface area contributed by atoms with Gasteiger partial charge in [0.15, 0.2) is 0 Å². The van der Waals surface area contributed by atoms with Crippen LogP contribution in [0.4, 0.5) is 5.69 Å². The molecule has 0 amide bonds. The Kier molecular flexibility index (Phi) is 4.91. The number of sulfonamides is 1. The van der Waals surface area contributed by atoms with Crippen LogP contribution in [0.3, 0.4) is 0 Å². The molecule has 1 aliphatic rings. The Hall–Kier alpha value is -1.11. The Morgan fingerprint density at radius 3 is 2.48 bits per heavy atom. The van der Waals surface area contributed by atoms with Gasteiger partial charge in [0.2, 0.25) is 10.0 Å². The van der Waals surface area contributed by atoms with E-state index in [1.165, 1.54) is 0 Å². The number of nitrogens with zero attached hydrogens (tertiary/aromatic N) is 2. The van der Waals surface area contributed by atoms with Crippen molar-refractivity contribution in [2.45, 2.75) is 24.7 Å². The van der Waals surface area contributed by atoms with E-state index < -0.39 is 10.0 Å². The minimum absolute atomic E-state index is 0.341. The van der Waals surface area contributed by atoms with E-state index in [0.29, 0.717) is 35.2 Å². The second-order valence-corrected chi connectivity index (χ2v) is 7.99. The molecule has 0 spiro atoms. The fourth-order valence-electron chi connectivity index (χ4n) is 2.90. The molecule has 2 rings (SSSR count). The van der Waals surface area contributed by atoms with E-state index in [1.807, 2.05) is 0 Å². The summed E-state index contributed by atoms with van der Waals surface area (Å²) in [6.45, 7) is 3.97. The molecule has 0 radical (unpaired) electrons. The quantitative estimate of drug-likeness (QED) is 0.857.